The Morgan fingerprint density at radius 1 is 1.43 bits per heavy atom. The number of aliphatic hydroxyl groups excluding tert-OH is 1. The number of aliphatic hydroxyl groups is 1. The van der Waals surface area contributed by atoms with Crippen molar-refractivity contribution in [3.05, 3.63) is 15.6 Å². The SMILES string of the molecule is CCCc1nc(C)c(CNC(=O)[C@H](O)C2CCCCC2)s1. The topological polar surface area (TPSA) is 62.2 Å². The molecule has 118 valence electrons. The van der Waals surface area contributed by atoms with E-state index in [-0.39, 0.29) is 11.8 Å². The fourth-order valence-corrected chi connectivity index (χ4v) is 4.02. The molecule has 21 heavy (non-hydrogen) atoms. The monoisotopic (exact) mass is 310 g/mol. The Balaban J connectivity index is 1.85. The molecule has 1 heterocycles. The fraction of sp³-hybridized carbons (Fsp3) is 0.750. The Kier molecular flexibility index (Phi) is 6.18. The molecule has 1 fully saturated rings. The minimum atomic E-state index is -0.853. The van der Waals surface area contributed by atoms with Crippen molar-refractivity contribution in [2.75, 3.05) is 0 Å². The van der Waals surface area contributed by atoms with E-state index in [0.717, 1.165) is 54.1 Å². The van der Waals surface area contributed by atoms with Gasteiger partial charge in [0.05, 0.1) is 17.2 Å². The van der Waals surface area contributed by atoms with Crippen LogP contribution in [0.4, 0.5) is 0 Å². The van der Waals surface area contributed by atoms with Crippen LogP contribution in [0.15, 0.2) is 0 Å². The zero-order chi connectivity index (χ0) is 15.2. The maximum Gasteiger partial charge on any atom is 0.249 e. The highest BCUT2D eigenvalue weighted by Gasteiger charge is 2.27. The van der Waals surface area contributed by atoms with Crippen LogP contribution in [0.2, 0.25) is 0 Å². The smallest absolute Gasteiger partial charge is 0.249 e. The molecule has 1 aromatic rings. The van der Waals surface area contributed by atoms with Gasteiger partial charge in [0.2, 0.25) is 5.91 Å². The van der Waals surface area contributed by atoms with Gasteiger partial charge in [0.25, 0.3) is 0 Å². The summed E-state index contributed by atoms with van der Waals surface area (Å²) in [6.45, 7) is 4.60. The number of hydrogen-bond donors (Lipinski definition) is 2. The molecule has 1 aliphatic carbocycles. The Labute approximate surface area is 131 Å². The normalized spacial score (nSPS) is 17.7. The summed E-state index contributed by atoms with van der Waals surface area (Å²) in [7, 11) is 0. The second kappa shape index (κ2) is 7.90. The number of amides is 1. The van der Waals surface area contributed by atoms with Gasteiger partial charge >= 0.3 is 0 Å². The molecule has 0 saturated heterocycles. The van der Waals surface area contributed by atoms with E-state index in [1.165, 1.54) is 6.42 Å². The van der Waals surface area contributed by atoms with Crippen LogP contribution in [-0.2, 0) is 17.8 Å². The van der Waals surface area contributed by atoms with Crippen LogP contribution in [0.5, 0.6) is 0 Å². The lowest BCUT2D eigenvalue weighted by molar-refractivity contribution is -0.132. The number of carbonyl (C=O) groups is 1. The van der Waals surface area contributed by atoms with Gasteiger partial charge in [-0.2, -0.15) is 0 Å². The Morgan fingerprint density at radius 3 is 2.81 bits per heavy atom. The molecule has 0 unspecified atom stereocenters. The predicted molar refractivity (Wildman–Crippen MR) is 85.3 cm³/mol. The highest BCUT2D eigenvalue weighted by molar-refractivity contribution is 7.11. The lowest BCUT2D eigenvalue weighted by atomic mass is 9.85. The number of carbonyl (C=O) groups excluding carboxylic acids is 1. The zero-order valence-corrected chi connectivity index (χ0v) is 13.8. The van der Waals surface area contributed by atoms with Crippen molar-refractivity contribution in [1.29, 1.82) is 0 Å². The summed E-state index contributed by atoms with van der Waals surface area (Å²) in [5.41, 5.74) is 0.996. The summed E-state index contributed by atoms with van der Waals surface area (Å²) in [5, 5.41) is 14.2. The number of rotatable bonds is 6. The molecule has 0 aliphatic heterocycles. The number of thiazole rings is 1. The molecule has 2 rings (SSSR count). The van der Waals surface area contributed by atoms with Crippen molar-refractivity contribution in [1.82, 2.24) is 10.3 Å². The molecule has 1 saturated carbocycles. The van der Waals surface area contributed by atoms with E-state index in [2.05, 4.69) is 17.2 Å². The summed E-state index contributed by atoms with van der Waals surface area (Å²) in [5.74, 6) is -0.0938. The number of aromatic nitrogens is 1. The Bertz CT molecular complexity index is 467. The van der Waals surface area contributed by atoms with E-state index in [1.807, 2.05) is 6.92 Å². The molecule has 1 aliphatic rings. The molecule has 2 N–H and O–H groups in total. The second-order valence-electron chi connectivity index (χ2n) is 5.93. The first-order chi connectivity index (χ1) is 10.1. The number of hydrogen-bond acceptors (Lipinski definition) is 4. The molecule has 0 bridgehead atoms. The van der Waals surface area contributed by atoms with Crippen LogP contribution >= 0.6 is 11.3 Å². The highest BCUT2D eigenvalue weighted by Crippen LogP contribution is 2.26. The Hall–Kier alpha value is -0.940. The van der Waals surface area contributed by atoms with Crippen molar-refractivity contribution in [2.45, 2.75) is 71.4 Å². The predicted octanol–water partition coefficient (Wildman–Crippen LogP) is 2.96. The lowest BCUT2D eigenvalue weighted by Gasteiger charge is -2.25. The van der Waals surface area contributed by atoms with Crippen LogP contribution in [0, 0.1) is 12.8 Å². The van der Waals surface area contributed by atoms with Crippen LogP contribution in [0.25, 0.3) is 0 Å². The zero-order valence-electron chi connectivity index (χ0n) is 13.0. The number of aryl methyl sites for hydroxylation is 2. The molecular weight excluding hydrogens is 284 g/mol. The third-order valence-electron chi connectivity index (χ3n) is 4.19. The van der Waals surface area contributed by atoms with Gasteiger partial charge in [-0.15, -0.1) is 11.3 Å². The first-order valence-corrected chi connectivity index (χ1v) is 8.84. The van der Waals surface area contributed by atoms with Gasteiger partial charge in [-0.25, -0.2) is 4.98 Å². The number of nitrogens with zero attached hydrogens (tertiary/aromatic N) is 1. The fourth-order valence-electron chi connectivity index (χ4n) is 2.91. The summed E-state index contributed by atoms with van der Waals surface area (Å²) >= 11 is 1.67. The largest absolute Gasteiger partial charge is 0.383 e. The molecular formula is C16H26N2O2S. The van der Waals surface area contributed by atoms with Crippen LogP contribution < -0.4 is 5.32 Å². The summed E-state index contributed by atoms with van der Waals surface area (Å²) in [6, 6.07) is 0. The first-order valence-electron chi connectivity index (χ1n) is 8.02. The van der Waals surface area contributed by atoms with Crippen molar-refractivity contribution in [3.63, 3.8) is 0 Å². The molecule has 5 heteroatoms. The van der Waals surface area contributed by atoms with Gasteiger partial charge in [0.15, 0.2) is 0 Å². The maximum absolute atomic E-state index is 12.1. The van der Waals surface area contributed by atoms with Gasteiger partial charge in [-0.3, -0.25) is 4.79 Å². The molecule has 0 aromatic carbocycles. The maximum atomic E-state index is 12.1. The van der Waals surface area contributed by atoms with Crippen LogP contribution in [-0.4, -0.2) is 22.1 Å². The van der Waals surface area contributed by atoms with E-state index in [1.54, 1.807) is 11.3 Å². The van der Waals surface area contributed by atoms with Gasteiger partial charge in [0.1, 0.15) is 6.10 Å². The van der Waals surface area contributed by atoms with Crippen LogP contribution in [0.3, 0.4) is 0 Å². The molecule has 4 nitrogen and oxygen atoms in total. The lowest BCUT2D eigenvalue weighted by Crippen LogP contribution is -2.39. The second-order valence-corrected chi connectivity index (χ2v) is 7.10. The third-order valence-corrected chi connectivity index (χ3v) is 5.41. The van der Waals surface area contributed by atoms with Crippen molar-refractivity contribution < 1.29 is 9.90 Å². The third kappa shape index (κ3) is 4.51. The van der Waals surface area contributed by atoms with Crippen molar-refractivity contribution in [3.8, 4) is 0 Å². The average molecular weight is 310 g/mol. The van der Waals surface area contributed by atoms with E-state index in [9.17, 15) is 9.90 Å². The van der Waals surface area contributed by atoms with E-state index in [4.69, 9.17) is 0 Å². The summed E-state index contributed by atoms with van der Waals surface area (Å²) < 4.78 is 0. The van der Waals surface area contributed by atoms with Gasteiger partial charge in [-0.1, -0.05) is 26.2 Å². The standard InChI is InChI=1S/C16H26N2O2S/c1-3-7-14-18-11(2)13(21-14)10-17-16(20)15(19)12-8-5-4-6-9-12/h12,15,19H,3-10H2,1-2H3,(H,17,20)/t15-/m1/s1. The molecule has 1 aromatic heterocycles. The van der Waals surface area contributed by atoms with Gasteiger partial charge in [0, 0.05) is 4.88 Å². The van der Waals surface area contributed by atoms with Crippen molar-refractivity contribution in [2.24, 2.45) is 5.92 Å². The molecule has 0 spiro atoms. The summed E-state index contributed by atoms with van der Waals surface area (Å²) in [6.07, 6.45) is 6.64. The molecule has 1 atom stereocenters. The molecule has 0 radical (unpaired) electrons. The van der Waals surface area contributed by atoms with Gasteiger partial charge in [-0.05, 0) is 38.5 Å². The highest BCUT2D eigenvalue weighted by atomic mass is 32.1. The van der Waals surface area contributed by atoms with E-state index in [0.29, 0.717) is 6.54 Å². The van der Waals surface area contributed by atoms with E-state index >= 15 is 0 Å². The minimum absolute atomic E-state index is 0.136. The first kappa shape index (κ1) is 16.4. The van der Waals surface area contributed by atoms with Gasteiger partial charge < -0.3 is 10.4 Å². The quantitative estimate of drug-likeness (QED) is 0.849. The van der Waals surface area contributed by atoms with Crippen LogP contribution in [0.1, 0.15) is 61.0 Å². The average Bonchev–Trinajstić information content (AvgIpc) is 2.85. The van der Waals surface area contributed by atoms with Crippen molar-refractivity contribution >= 4 is 17.2 Å². The number of nitrogens with one attached hydrogen (secondary N) is 1. The minimum Gasteiger partial charge on any atom is -0.383 e. The molecule has 1 amide bonds. The van der Waals surface area contributed by atoms with E-state index < -0.39 is 6.10 Å². The Morgan fingerprint density at radius 2 is 2.14 bits per heavy atom. The summed E-state index contributed by atoms with van der Waals surface area (Å²) in [4.78, 5) is 17.7.